The van der Waals surface area contributed by atoms with Gasteiger partial charge in [-0.25, -0.2) is 9.37 Å². The van der Waals surface area contributed by atoms with Crippen LogP contribution in [0.15, 0.2) is 91.0 Å². The highest BCUT2D eigenvalue weighted by molar-refractivity contribution is 5.88. The first-order valence-corrected chi connectivity index (χ1v) is 9.58. The molecule has 0 radical (unpaired) electrons. The van der Waals surface area contributed by atoms with Gasteiger partial charge in [0.2, 0.25) is 0 Å². The fourth-order valence-corrected chi connectivity index (χ4v) is 3.67. The topological polar surface area (TPSA) is 27.1 Å². The van der Waals surface area contributed by atoms with Crippen LogP contribution in [0.1, 0.15) is 11.4 Å². The molecule has 1 heterocycles. The molecular weight excluding hydrogens is 363 g/mol. The van der Waals surface area contributed by atoms with Crippen molar-refractivity contribution in [3.8, 4) is 5.75 Å². The third-order valence-corrected chi connectivity index (χ3v) is 5.13. The van der Waals surface area contributed by atoms with Gasteiger partial charge in [-0.05, 0) is 29.7 Å². The van der Waals surface area contributed by atoms with Gasteiger partial charge < -0.3 is 9.30 Å². The standard InChI is InChI=1S/C25H19FN2O/c26-21-12-4-2-9-19(21)16-28-23-14-6-5-13-22(23)27-25(28)17-29-24-15-7-10-18-8-1-3-11-20(18)24/h1-15H,16-17H2. The van der Waals surface area contributed by atoms with Crippen molar-refractivity contribution in [1.29, 1.82) is 0 Å². The zero-order valence-corrected chi connectivity index (χ0v) is 15.8. The summed E-state index contributed by atoms with van der Waals surface area (Å²) in [6.07, 6.45) is 0. The van der Waals surface area contributed by atoms with Crippen LogP contribution in [0.2, 0.25) is 0 Å². The maximum atomic E-state index is 14.3. The number of imidazole rings is 1. The molecular formula is C25H19FN2O. The van der Waals surface area contributed by atoms with Crippen LogP contribution >= 0.6 is 0 Å². The molecule has 4 aromatic carbocycles. The highest BCUT2D eigenvalue weighted by Crippen LogP contribution is 2.27. The summed E-state index contributed by atoms with van der Waals surface area (Å²) in [6.45, 7) is 0.707. The van der Waals surface area contributed by atoms with Crippen LogP contribution in [0.4, 0.5) is 4.39 Å². The molecule has 3 nitrogen and oxygen atoms in total. The van der Waals surface area contributed by atoms with Crippen LogP contribution in [0.25, 0.3) is 21.8 Å². The Balaban J connectivity index is 1.52. The van der Waals surface area contributed by atoms with Crippen molar-refractivity contribution in [3.63, 3.8) is 0 Å². The molecule has 5 aromatic rings. The Kier molecular flexibility index (Phi) is 4.45. The molecule has 0 aliphatic heterocycles. The smallest absolute Gasteiger partial charge is 0.148 e. The fraction of sp³-hybridized carbons (Fsp3) is 0.0800. The van der Waals surface area contributed by atoms with Crippen LogP contribution in [0, 0.1) is 5.82 Å². The van der Waals surface area contributed by atoms with Crippen LogP contribution in [-0.2, 0) is 13.2 Å². The van der Waals surface area contributed by atoms with E-state index in [9.17, 15) is 4.39 Å². The maximum Gasteiger partial charge on any atom is 0.148 e. The van der Waals surface area contributed by atoms with Crippen molar-refractivity contribution < 1.29 is 9.13 Å². The van der Waals surface area contributed by atoms with Crippen molar-refractivity contribution in [2.45, 2.75) is 13.2 Å². The van der Waals surface area contributed by atoms with E-state index in [0.717, 1.165) is 33.4 Å². The van der Waals surface area contributed by atoms with Crippen molar-refractivity contribution in [3.05, 3.63) is 108 Å². The van der Waals surface area contributed by atoms with Crippen molar-refractivity contribution in [2.24, 2.45) is 0 Å². The van der Waals surface area contributed by atoms with Crippen LogP contribution in [-0.4, -0.2) is 9.55 Å². The maximum absolute atomic E-state index is 14.3. The predicted molar refractivity (Wildman–Crippen MR) is 114 cm³/mol. The zero-order valence-electron chi connectivity index (χ0n) is 15.8. The minimum absolute atomic E-state index is 0.216. The molecule has 0 saturated carbocycles. The summed E-state index contributed by atoms with van der Waals surface area (Å²) in [5.74, 6) is 1.36. The van der Waals surface area contributed by atoms with E-state index in [-0.39, 0.29) is 5.82 Å². The second-order valence-corrected chi connectivity index (χ2v) is 6.96. The first-order chi connectivity index (χ1) is 14.3. The van der Waals surface area contributed by atoms with Gasteiger partial charge in [0.25, 0.3) is 0 Å². The fourth-order valence-electron chi connectivity index (χ4n) is 3.67. The van der Waals surface area contributed by atoms with E-state index in [1.807, 2.05) is 65.2 Å². The van der Waals surface area contributed by atoms with E-state index < -0.39 is 0 Å². The molecule has 1 aromatic heterocycles. The van der Waals surface area contributed by atoms with E-state index in [4.69, 9.17) is 9.72 Å². The molecule has 0 fully saturated rings. The van der Waals surface area contributed by atoms with Gasteiger partial charge in [-0.3, -0.25) is 0 Å². The summed E-state index contributed by atoms with van der Waals surface area (Å²) in [5, 5.41) is 2.19. The highest BCUT2D eigenvalue weighted by atomic mass is 19.1. The van der Waals surface area contributed by atoms with E-state index >= 15 is 0 Å². The second-order valence-electron chi connectivity index (χ2n) is 6.96. The SMILES string of the molecule is Fc1ccccc1Cn1c(COc2cccc3ccccc23)nc2ccccc21. The van der Waals surface area contributed by atoms with Gasteiger partial charge in [0.15, 0.2) is 0 Å². The largest absolute Gasteiger partial charge is 0.485 e. The number of para-hydroxylation sites is 2. The Morgan fingerprint density at radius 3 is 2.48 bits per heavy atom. The summed E-state index contributed by atoms with van der Waals surface area (Å²) in [6, 6.07) is 28.9. The Hall–Kier alpha value is -3.66. The van der Waals surface area contributed by atoms with Gasteiger partial charge >= 0.3 is 0 Å². The average molecular weight is 382 g/mol. The van der Waals surface area contributed by atoms with Gasteiger partial charge in [0.05, 0.1) is 17.6 Å². The monoisotopic (exact) mass is 382 g/mol. The zero-order chi connectivity index (χ0) is 19.6. The number of benzene rings is 4. The lowest BCUT2D eigenvalue weighted by atomic mass is 10.1. The Morgan fingerprint density at radius 2 is 1.55 bits per heavy atom. The molecule has 0 aliphatic rings. The minimum atomic E-state index is -0.216. The number of hydrogen-bond donors (Lipinski definition) is 0. The normalized spacial score (nSPS) is 11.2. The molecule has 0 bridgehead atoms. The van der Waals surface area contributed by atoms with Gasteiger partial charge in [-0.1, -0.05) is 66.7 Å². The van der Waals surface area contributed by atoms with Gasteiger partial charge in [-0.2, -0.15) is 0 Å². The minimum Gasteiger partial charge on any atom is -0.485 e. The number of halogens is 1. The summed E-state index contributed by atoms with van der Waals surface area (Å²) in [7, 11) is 0. The van der Waals surface area contributed by atoms with Gasteiger partial charge in [0.1, 0.15) is 24.0 Å². The number of fused-ring (bicyclic) bond motifs is 2. The van der Waals surface area contributed by atoms with Crippen molar-refractivity contribution in [2.75, 3.05) is 0 Å². The molecule has 142 valence electrons. The quantitative estimate of drug-likeness (QED) is 0.375. The first kappa shape index (κ1) is 17.4. The number of rotatable bonds is 5. The van der Waals surface area contributed by atoms with Crippen LogP contribution in [0.5, 0.6) is 5.75 Å². The Bertz CT molecular complexity index is 1300. The number of ether oxygens (including phenoxy) is 1. The second kappa shape index (κ2) is 7.40. The number of hydrogen-bond acceptors (Lipinski definition) is 2. The van der Waals surface area contributed by atoms with Crippen molar-refractivity contribution >= 4 is 21.8 Å². The van der Waals surface area contributed by atoms with Crippen LogP contribution < -0.4 is 4.74 Å². The Labute approximate surface area is 168 Å². The first-order valence-electron chi connectivity index (χ1n) is 9.58. The molecule has 29 heavy (non-hydrogen) atoms. The summed E-state index contributed by atoms with van der Waals surface area (Å²) in [4.78, 5) is 4.75. The third kappa shape index (κ3) is 3.34. The summed E-state index contributed by atoms with van der Waals surface area (Å²) < 4.78 is 22.5. The van der Waals surface area contributed by atoms with E-state index in [2.05, 4.69) is 12.1 Å². The molecule has 0 atom stereocenters. The van der Waals surface area contributed by atoms with Crippen LogP contribution in [0.3, 0.4) is 0 Å². The van der Waals surface area contributed by atoms with E-state index in [1.165, 1.54) is 6.07 Å². The van der Waals surface area contributed by atoms with E-state index in [1.54, 1.807) is 12.1 Å². The summed E-state index contributed by atoms with van der Waals surface area (Å²) >= 11 is 0. The molecule has 0 amide bonds. The third-order valence-electron chi connectivity index (χ3n) is 5.13. The molecule has 0 unspecified atom stereocenters. The molecule has 4 heteroatoms. The molecule has 5 rings (SSSR count). The molecule has 0 aliphatic carbocycles. The summed E-state index contributed by atoms with van der Waals surface area (Å²) in [5.41, 5.74) is 2.47. The van der Waals surface area contributed by atoms with Crippen molar-refractivity contribution in [1.82, 2.24) is 9.55 Å². The molecule has 0 N–H and O–H groups in total. The lowest BCUT2D eigenvalue weighted by Crippen LogP contribution is -2.09. The molecule has 0 spiro atoms. The lowest BCUT2D eigenvalue weighted by Gasteiger charge is -2.12. The van der Waals surface area contributed by atoms with Gasteiger partial charge in [0, 0.05) is 10.9 Å². The lowest BCUT2D eigenvalue weighted by molar-refractivity contribution is 0.294. The van der Waals surface area contributed by atoms with E-state index in [0.29, 0.717) is 18.7 Å². The highest BCUT2D eigenvalue weighted by Gasteiger charge is 2.14. The number of nitrogens with zero attached hydrogens (tertiary/aromatic N) is 2. The Morgan fingerprint density at radius 1 is 0.793 bits per heavy atom. The number of aromatic nitrogens is 2. The van der Waals surface area contributed by atoms with Gasteiger partial charge in [-0.15, -0.1) is 0 Å². The molecule has 0 saturated heterocycles. The average Bonchev–Trinajstić information content (AvgIpc) is 3.11. The predicted octanol–water partition coefficient (Wildman–Crippen LogP) is 5.96.